The van der Waals surface area contributed by atoms with Crippen LogP contribution in [0.25, 0.3) is 0 Å². The van der Waals surface area contributed by atoms with E-state index in [0.717, 1.165) is 25.1 Å². The molecule has 1 unspecified atom stereocenters. The zero-order valence-electron chi connectivity index (χ0n) is 13.4. The summed E-state index contributed by atoms with van der Waals surface area (Å²) >= 11 is 5.87. The molecule has 24 heavy (non-hydrogen) atoms. The van der Waals surface area contributed by atoms with E-state index in [9.17, 15) is 4.79 Å². The second kappa shape index (κ2) is 7.59. The molecule has 1 saturated heterocycles. The fourth-order valence-corrected chi connectivity index (χ4v) is 2.94. The lowest BCUT2D eigenvalue weighted by Gasteiger charge is -2.23. The summed E-state index contributed by atoms with van der Waals surface area (Å²) < 4.78 is 5.74. The molecule has 3 rings (SSSR count). The number of benzene rings is 1. The molecule has 0 radical (unpaired) electrons. The lowest BCUT2D eigenvalue weighted by Crippen LogP contribution is -2.35. The zero-order valence-corrected chi connectivity index (χ0v) is 14.2. The maximum absolute atomic E-state index is 11.7. The Labute approximate surface area is 145 Å². The number of carbonyl (C=O) groups excluding carboxylic acids is 1. The fraction of sp³-hybridized carbons (Fsp3) is 0.353. The number of hydrogen-bond donors (Lipinski definition) is 1. The van der Waals surface area contributed by atoms with Crippen LogP contribution in [0.2, 0.25) is 5.02 Å². The van der Waals surface area contributed by atoms with Gasteiger partial charge in [0.1, 0.15) is 5.75 Å². The lowest BCUT2D eigenvalue weighted by atomic mass is 10.1. The first kappa shape index (κ1) is 16.7. The van der Waals surface area contributed by atoms with Crippen LogP contribution in [0.15, 0.2) is 36.7 Å². The van der Waals surface area contributed by atoms with E-state index in [0.29, 0.717) is 23.2 Å². The Hall–Kier alpha value is -2.18. The zero-order chi connectivity index (χ0) is 16.9. The number of aromatic nitrogens is 2. The van der Waals surface area contributed by atoms with Gasteiger partial charge in [0.25, 0.3) is 0 Å². The van der Waals surface area contributed by atoms with Crippen LogP contribution in [0, 0.1) is 0 Å². The van der Waals surface area contributed by atoms with Gasteiger partial charge in [-0.25, -0.2) is 4.98 Å². The molecule has 0 saturated carbocycles. The molecule has 1 aromatic heterocycles. The van der Waals surface area contributed by atoms with E-state index in [4.69, 9.17) is 16.3 Å². The summed E-state index contributed by atoms with van der Waals surface area (Å²) in [6, 6.07) is 7.17. The first-order chi connectivity index (χ1) is 11.7. The van der Waals surface area contributed by atoms with Gasteiger partial charge in [-0.3, -0.25) is 14.7 Å². The minimum atomic E-state index is 0.00317. The summed E-state index contributed by atoms with van der Waals surface area (Å²) in [4.78, 5) is 22.6. The molecule has 1 aliphatic rings. The van der Waals surface area contributed by atoms with Gasteiger partial charge >= 0.3 is 0 Å². The number of likely N-dealkylation sites (N-methyl/N-ethyl adjacent to an activating group) is 1. The van der Waals surface area contributed by atoms with Crippen LogP contribution in [0.4, 0.5) is 0 Å². The van der Waals surface area contributed by atoms with Crippen molar-refractivity contribution in [1.29, 1.82) is 0 Å². The Balaban J connectivity index is 1.74. The van der Waals surface area contributed by atoms with Gasteiger partial charge in [0.05, 0.1) is 30.7 Å². The van der Waals surface area contributed by atoms with Crippen LogP contribution >= 0.6 is 11.6 Å². The van der Waals surface area contributed by atoms with Crippen molar-refractivity contribution in [2.24, 2.45) is 0 Å². The molecule has 2 heterocycles. The fourth-order valence-electron chi connectivity index (χ4n) is 2.81. The number of nitrogens with one attached hydrogen (secondary N) is 1. The normalized spacial score (nSPS) is 17.7. The molecule has 0 bridgehead atoms. The van der Waals surface area contributed by atoms with E-state index in [1.807, 2.05) is 0 Å². The number of halogens is 1. The van der Waals surface area contributed by atoms with Crippen LogP contribution in [-0.4, -0.2) is 40.9 Å². The minimum absolute atomic E-state index is 0.00317. The highest BCUT2D eigenvalue weighted by atomic mass is 35.5. The van der Waals surface area contributed by atoms with Crippen molar-refractivity contribution < 1.29 is 9.53 Å². The van der Waals surface area contributed by atoms with Crippen LogP contribution < -0.4 is 10.1 Å². The van der Waals surface area contributed by atoms with E-state index in [1.165, 1.54) is 0 Å². The molecule has 2 aromatic rings. The van der Waals surface area contributed by atoms with Crippen molar-refractivity contribution in [3.05, 3.63) is 47.4 Å². The van der Waals surface area contributed by atoms with Crippen LogP contribution in [0.5, 0.6) is 11.6 Å². The third-order valence-corrected chi connectivity index (χ3v) is 4.25. The number of likely N-dealkylation sites (tertiary alicyclic amines) is 1. The number of rotatable bonds is 5. The molecule has 1 N–H and O–H groups in total. The Morgan fingerprint density at radius 3 is 2.92 bits per heavy atom. The highest BCUT2D eigenvalue weighted by Gasteiger charge is 2.28. The Morgan fingerprint density at radius 2 is 2.17 bits per heavy atom. The molecule has 1 fully saturated rings. The second-order valence-electron chi connectivity index (χ2n) is 5.64. The summed E-state index contributed by atoms with van der Waals surface area (Å²) in [5.41, 5.74) is 0.822. The van der Waals surface area contributed by atoms with Crippen molar-refractivity contribution in [3.8, 4) is 11.6 Å². The third-order valence-electron chi connectivity index (χ3n) is 4.00. The Bertz CT molecular complexity index is 708. The third kappa shape index (κ3) is 4.01. The van der Waals surface area contributed by atoms with E-state index in [1.54, 1.807) is 43.7 Å². The molecule has 0 spiro atoms. The highest BCUT2D eigenvalue weighted by molar-refractivity contribution is 6.30. The molecule has 7 heteroatoms. The van der Waals surface area contributed by atoms with Gasteiger partial charge in [0.15, 0.2) is 0 Å². The van der Waals surface area contributed by atoms with Gasteiger partial charge in [0, 0.05) is 12.1 Å². The quantitative estimate of drug-likeness (QED) is 0.901. The van der Waals surface area contributed by atoms with E-state index < -0.39 is 0 Å². The van der Waals surface area contributed by atoms with E-state index in [-0.39, 0.29) is 11.9 Å². The average molecular weight is 347 g/mol. The molecule has 0 aliphatic carbocycles. The van der Waals surface area contributed by atoms with Crippen molar-refractivity contribution in [1.82, 2.24) is 20.2 Å². The molecule has 1 atom stereocenters. The first-order valence-electron chi connectivity index (χ1n) is 7.85. The maximum Gasteiger partial charge on any atom is 0.238 e. The van der Waals surface area contributed by atoms with Gasteiger partial charge < -0.3 is 10.1 Å². The molecule has 1 amide bonds. The standard InChI is InChI=1S/C17H19ClN4O2/c1-19-16(23)11-22-8-2-3-15(22)14-9-20-10-17(21-14)24-13-6-4-12(18)5-7-13/h4-7,9-10,15H,2-3,8,11H2,1H3,(H,19,23). The first-order valence-corrected chi connectivity index (χ1v) is 8.23. The van der Waals surface area contributed by atoms with Crippen LogP contribution in [0.3, 0.4) is 0 Å². The predicted molar refractivity (Wildman–Crippen MR) is 91.2 cm³/mol. The Kier molecular flexibility index (Phi) is 5.27. The maximum atomic E-state index is 11.7. The molecule has 1 aromatic carbocycles. The number of hydrogen-bond acceptors (Lipinski definition) is 5. The number of amides is 1. The number of ether oxygens (including phenoxy) is 1. The smallest absolute Gasteiger partial charge is 0.238 e. The van der Waals surface area contributed by atoms with Gasteiger partial charge in [0.2, 0.25) is 11.8 Å². The predicted octanol–water partition coefficient (Wildman–Crippen LogP) is 2.81. The van der Waals surface area contributed by atoms with Crippen molar-refractivity contribution >= 4 is 17.5 Å². The van der Waals surface area contributed by atoms with Crippen molar-refractivity contribution in [2.45, 2.75) is 18.9 Å². The molecule has 6 nitrogen and oxygen atoms in total. The van der Waals surface area contributed by atoms with Gasteiger partial charge in [-0.05, 0) is 43.7 Å². The largest absolute Gasteiger partial charge is 0.437 e. The molecular formula is C17H19ClN4O2. The van der Waals surface area contributed by atoms with Crippen LogP contribution in [-0.2, 0) is 4.79 Å². The second-order valence-corrected chi connectivity index (χ2v) is 6.08. The summed E-state index contributed by atoms with van der Waals surface area (Å²) in [5, 5.41) is 3.31. The minimum Gasteiger partial charge on any atom is -0.437 e. The lowest BCUT2D eigenvalue weighted by molar-refractivity contribution is -0.122. The summed E-state index contributed by atoms with van der Waals surface area (Å²) in [5.74, 6) is 1.09. The topological polar surface area (TPSA) is 67.4 Å². The number of nitrogens with zero attached hydrogens (tertiary/aromatic N) is 3. The molecule has 1 aliphatic heterocycles. The van der Waals surface area contributed by atoms with Gasteiger partial charge in [-0.2, -0.15) is 0 Å². The van der Waals surface area contributed by atoms with E-state index >= 15 is 0 Å². The average Bonchev–Trinajstić information content (AvgIpc) is 3.05. The number of carbonyl (C=O) groups is 1. The molecular weight excluding hydrogens is 328 g/mol. The molecule has 126 valence electrons. The van der Waals surface area contributed by atoms with Crippen molar-refractivity contribution in [2.75, 3.05) is 20.1 Å². The Morgan fingerprint density at radius 1 is 1.38 bits per heavy atom. The monoisotopic (exact) mass is 346 g/mol. The highest BCUT2D eigenvalue weighted by Crippen LogP contribution is 2.31. The van der Waals surface area contributed by atoms with Crippen LogP contribution in [0.1, 0.15) is 24.6 Å². The van der Waals surface area contributed by atoms with Gasteiger partial charge in [-0.1, -0.05) is 11.6 Å². The van der Waals surface area contributed by atoms with E-state index in [2.05, 4.69) is 20.2 Å². The SMILES string of the molecule is CNC(=O)CN1CCCC1c1cncc(Oc2ccc(Cl)cc2)n1. The van der Waals surface area contributed by atoms with Crippen molar-refractivity contribution in [3.63, 3.8) is 0 Å². The summed E-state index contributed by atoms with van der Waals surface area (Å²) in [6.07, 6.45) is 5.30. The summed E-state index contributed by atoms with van der Waals surface area (Å²) in [6.45, 7) is 1.24. The summed E-state index contributed by atoms with van der Waals surface area (Å²) in [7, 11) is 1.65. The van der Waals surface area contributed by atoms with Gasteiger partial charge in [-0.15, -0.1) is 0 Å².